The Kier molecular flexibility index (Phi) is 5.40. The smallest absolute Gasteiger partial charge is 0.257 e. The fourth-order valence-corrected chi connectivity index (χ4v) is 3.60. The summed E-state index contributed by atoms with van der Waals surface area (Å²) in [5.74, 6) is 0.547. The molecule has 0 spiro atoms. The number of halogens is 1. The predicted molar refractivity (Wildman–Crippen MR) is 99.3 cm³/mol. The van der Waals surface area contributed by atoms with Crippen LogP contribution in [0.2, 0.25) is 0 Å². The lowest BCUT2D eigenvalue weighted by Gasteiger charge is -2.36. The number of piperazine rings is 1. The Morgan fingerprint density at radius 1 is 1.04 bits per heavy atom. The lowest BCUT2D eigenvalue weighted by atomic mass is 10.2. The van der Waals surface area contributed by atoms with Crippen LogP contribution in [-0.2, 0) is 11.3 Å². The molecule has 3 heterocycles. The molecule has 4 rings (SSSR count). The van der Waals surface area contributed by atoms with Crippen LogP contribution in [0.3, 0.4) is 0 Å². The first kappa shape index (κ1) is 18.0. The second-order valence-electron chi connectivity index (χ2n) is 6.92. The van der Waals surface area contributed by atoms with Crippen LogP contribution in [0.15, 0.2) is 41.0 Å². The van der Waals surface area contributed by atoms with E-state index in [4.69, 9.17) is 9.15 Å². The molecule has 1 aromatic heterocycles. The molecule has 0 atom stereocenters. The van der Waals surface area contributed by atoms with Crippen molar-refractivity contribution in [2.45, 2.75) is 6.54 Å². The molecule has 2 aromatic rings. The van der Waals surface area contributed by atoms with Crippen LogP contribution < -0.4 is 4.90 Å². The van der Waals surface area contributed by atoms with Crippen molar-refractivity contribution >= 4 is 11.6 Å². The number of furan rings is 1. The van der Waals surface area contributed by atoms with E-state index in [9.17, 15) is 9.18 Å². The number of anilines is 1. The number of hydrogen-bond donors (Lipinski definition) is 0. The Labute approximate surface area is 158 Å². The van der Waals surface area contributed by atoms with Crippen LogP contribution in [0.5, 0.6) is 0 Å². The van der Waals surface area contributed by atoms with Gasteiger partial charge in [0, 0.05) is 39.3 Å². The first-order valence-corrected chi connectivity index (χ1v) is 9.37. The Balaban J connectivity index is 1.33. The molecule has 27 heavy (non-hydrogen) atoms. The van der Waals surface area contributed by atoms with Gasteiger partial charge in [-0.2, -0.15) is 0 Å². The summed E-state index contributed by atoms with van der Waals surface area (Å²) in [5.41, 5.74) is 1.18. The number of carbonyl (C=O) groups is 1. The Morgan fingerprint density at radius 3 is 2.52 bits per heavy atom. The van der Waals surface area contributed by atoms with E-state index < -0.39 is 0 Å². The van der Waals surface area contributed by atoms with Gasteiger partial charge in [0.1, 0.15) is 17.8 Å². The molecule has 0 unspecified atom stereocenters. The van der Waals surface area contributed by atoms with E-state index in [1.165, 1.54) is 6.07 Å². The molecular formula is C20H24FN3O3. The molecule has 144 valence electrons. The quantitative estimate of drug-likeness (QED) is 0.823. The normalized spacial score (nSPS) is 18.7. The SMILES string of the molecule is O=C(c1coc(CN2CCOCC2)c1)N1CCN(c2ccccc2F)CC1. The molecule has 0 N–H and O–H groups in total. The van der Waals surface area contributed by atoms with Gasteiger partial charge in [-0.05, 0) is 18.2 Å². The monoisotopic (exact) mass is 373 g/mol. The molecule has 2 aliphatic heterocycles. The zero-order chi connectivity index (χ0) is 18.6. The van der Waals surface area contributed by atoms with Gasteiger partial charge < -0.3 is 19.0 Å². The summed E-state index contributed by atoms with van der Waals surface area (Å²) in [6.45, 7) is 6.28. The molecule has 1 amide bonds. The van der Waals surface area contributed by atoms with Crippen LogP contribution in [0.4, 0.5) is 10.1 Å². The number of morpholine rings is 1. The van der Waals surface area contributed by atoms with E-state index in [-0.39, 0.29) is 11.7 Å². The first-order valence-electron chi connectivity index (χ1n) is 9.37. The molecule has 1 aromatic carbocycles. The Hall–Kier alpha value is -2.38. The van der Waals surface area contributed by atoms with Crippen LogP contribution >= 0.6 is 0 Å². The fraction of sp³-hybridized carbons (Fsp3) is 0.450. The van der Waals surface area contributed by atoms with Crippen molar-refractivity contribution < 1.29 is 18.3 Å². The van der Waals surface area contributed by atoms with Gasteiger partial charge in [0.15, 0.2) is 0 Å². The summed E-state index contributed by atoms with van der Waals surface area (Å²) < 4.78 is 24.9. The minimum atomic E-state index is -0.222. The van der Waals surface area contributed by atoms with Crippen molar-refractivity contribution in [1.29, 1.82) is 0 Å². The molecule has 0 radical (unpaired) electrons. The third kappa shape index (κ3) is 4.14. The summed E-state index contributed by atoms with van der Waals surface area (Å²) in [6, 6.07) is 8.60. The van der Waals surface area contributed by atoms with Crippen molar-refractivity contribution in [2.75, 3.05) is 57.4 Å². The third-order valence-corrected chi connectivity index (χ3v) is 5.14. The van der Waals surface area contributed by atoms with Gasteiger partial charge in [0.25, 0.3) is 5.91 Å². The number of amides is 1. The summed E-state index contributed by atoms with van der Waals surface area (Å²) in [4.78, 5) is 18.8. The number of nitrogens with zero attached hydrogens (tertiary/aromatic N) is 3. The van der Waals surface area contributed by atoms with Crippen LogP contribution in [0, 0.1) is 5.82 Å². The molecule has 0 saturated carbocycles. The minimum Gasteiger partial charge on any atom is -0.467 e. The maximum atomic E-state index is 13.9. The summed E-state index contributed by atoms with van der Waals surface area (Å²) >= 11 is 0. The molecule has 7 heteroatoms. The zero-order valence-electron chi connectivity index (χ0n) is 15.3. The van der Waals surface area contributed by atoms with Crippen molar-refractivity contribution in [2.24, 2.45) is 0 Å². The van der Waals surface area contributed by atoms with Crippen molar-refractivity contribution in [3.8, 4) is 0 Å². The highest BCUT2D eigenvalue weighted by atomic mass is 19.1. The van der Waals surface area contributed by atoms with Gasteiger partial charge in [-0.25, -0.2) is 4.39 Å². The van der Waals surface area contributed by atoms with E-state index >= 15 is 0 Å². The van der Waals surface area contributed by atoms with Crippen LogP contribution in [0.25, 0.3) is 0 Å². The molecule has 6 nitrogen and oxygen atoms in total. The molecule has 2 aliphatic rings. The molecular weight excluding hydrogens is 349 g/mol. The number of rotatable bonds is 4. The van der Waals surface area contributed by atoms with Gasteiger partial charge in [-0.1, -0.05) is 12.1 Å². The van der Waals surface area contributed by atoms with Crippen LogP contribution in [-0.4, -0.2) is 68.2 Å². The third-order valence-electron chi connectivity index (χ3n) is 5.14. The largest absolute Gasteiger partial charge is 0.467 e. The van der Waals surface area contributed by atoms with Gasteiger partial charge >= 0.3 is 0 Å². The van der Waals surface area contributed by atoms with E-state index in [2.05, 4.69) is 4.90 Å². The number of hydrogen-bond acceptors (Lipinski definition) is 5. The molecule has 2 fully saturated rings. The summed E-state index contributed by atoms with van der Waals surface area (Å²) in [6.07, 6.45) is 1.54. The highest BCUT2D eigenvalue weighted by Crippen LogP contribution is 2.21. The van der Waals surface area contributed by atoms with Gasteiger partial charge in [0.05, 0.1) is 31.0 Å². The maximum absolute atomic E-state index is 13.9. The van der Waals surface area contributed by atoms with Gasteiger partial charge in [-0.15, -0.1) is 0 Å². The fourth-order valence-electron chi connectivity index (χ4n) is 3.60. The molecule has 0 bridgehead atoms. The highest BCUT2D eigenvalue weighted by Gasteiger charge is 2.25. The maximum Gasteiger partial charge on any atom is 0.257 e. The summed E-state index contributed by atoms with van der Waals surface area (Å²) in [5, 5.41) is 0. The molecule has 0 aliphatic carbocycles. The number of para-hydroxylation sites is 1. The second-order valence-corrected chi connectivity index (χ2v) is 6.92. The zero-order valence-corrected chi connectivity index (χ0v) is 15.3. The topological polar surface area (TPSA) is 49.2 Å². The van der Waals surface area contributed by atoms with Crippen molar-refractivity contribution in [1.82, 2.24) is 9.80 Å². The number of carbonyl (C=O) groups excluding carboxylic acids is 1. The Bertz CT molecular complexity index is 780. The second kappa shape index (κ2) is 8.10. The highest BCUT2D eigenvalue weighted by molar-refractivity contribution is 5.94. The average Bonchev–Trinajstić information content (AvgIpc) is 3.17. The predicted octanol–water partition coefficient (Wildman–Crippen LogP) is 2.21. The standard InChI is InChI=1S/C20H24FN3O3/c21-18-3-1-2-4-19(18)23-5-7-24(8-6-23)20(25)16-13-17(27-15-16)14-22-9-11-26-12-10-22/h1-4,13,15H,5-12,14H2. The number of benzene rings is 1. The van der Waals surface area contributed by atoms with Crippen LogP contribution in [0.1, 0.15) is 16.1 Å². The van der Waals surface area contributed by atoms with Gasteiger partial charge in [0.2, 0.25) is 0 Å². The summed E-state index contributed by atoms with van der Waals surface area (Å²) in [7, 11) is 0. The van der Waals surface area contributed by atoms with Crippen molar-refractivity contribution in [3.63, 3.8) is 0 Å². The van der Waals surface area contributed by atoms with E-state index in [0.29, 0.717) is 44.0 Å². The van der Waals surface area contributed by atoms with Gasteiger partial charge in [-0.3, -0.25) is 9.69 Å². The lowest BCUT2D eigenvalue weighted by Crippen LogP contribution is -2.49. The first-order chi connectivity index (χ1) is 13.2. The minimum absolute atomic E-state index is 0.0276. The van der Waals surface area contributed by atoms with Crippen molar-refractivity contribution in [3.05, 3.63) is 53.7 Å². The van der Waals surface area contributed by atoms with E-state index in [1.54, 1.807) is 23.3 Å². The average molecular weight is 373 g/mol. The molecule has 2 saturated heterocycles. The Morgan fingerprint density at radius 2 is 1.78 bits per heavy atom. The lowest BCUT2D eigenvalue weighted by molar-refractivity contribution is 0.0313. The van der Waals surface area contributed by atoms with E-state index in [1.807, 2.05) is 17.0 Å². The number of ether oxygens (including phenoxy) is 1. The van der Waals surface area contributed by atoms with E-state index in [0.717, 1.165) is 32.1 Å².